The van der Waals surface area contributed by atoms with E-state index >= 15 is 0 Å². The Balaban J connectivity index is 2.21. The number of nitrogens with one attached hydrogen (secondary N) is 1. The first-order valence-electron chi connectivity index (χ1n) is 5.34. The van der Waals surface area contributed by atoms with Crippen LogP contribution in [0, 0.1) is 5.92 Å². The maximum absolute atomic E-state index is 11.8. The molecule has 1 aliphatic carbocycles. The van der Waals surface area contributed by atoms with E-state index in [2.05, 4.69) is 10.1 Å². The Morgan fingerprint density at radius 3 is 2.40 bits per heavy atom. The van der Waals surface area contributed by atoms with Crippen LogP contribution in [0.15, 0.2) is 0 Å². The lowest BCUT2D eigenvalue weighted by Gasteiger charge is -2.23. The van der Waals surface area contributed by atoms with E-state index in [1.54, 1.807) is 7.05 Å². The SMILES string of the molecule is CNC(COCC(F)(F)F)C1CCCC1. The third kappa shape index (κ3) is 4.84. The molecule has 1 fully saturated rings. The molecule has 1 atom stereocenters. The molecule has 0 radical (unpaired) electrons. The second-order valence-electron chi connectivity index (χ2n) is 4.07. The third-order valence-corrected chi connectivity index (χ3v) is 2.90. The lowest BCUT2D eigenvalue weighted by molar-refractivity contribution is -0.176. The summed E-state index contributed by atoms with van der Waals surface area (Å²) in [5.74, 6) is 0.475. The topological polar surface area (TPSA) is 21.3 Å². The molecule has 0 saturated heterocycles. The van der Waals surface area contributed by atoms with Crippen LogP contribution < -0.4 is 5.32 Å². The maximum atomic E-state index is 11.8. The number of likely N-dealkylation sites (N-methyl/N-ethyl adjacent to an activating group) is 1. The van der Waals surface area contributed by atoms with Gasteiger partial charge in [-0.2, -0.15) is 13.2 Å². The molecule has 90 valence electrons. The average Bonchev–Trinajstić information content (AvgIpc) is 2.63. The molecule has 0 amide bonds. The Labute approximate surface area is 88.2 Å². The number of alkyl halides is 3. The Morgan fingerprint density at radius 1 is 1.33 bits per heavy atom. The van der Waals surface area contributed by atoms with Crippen LogP contribution in [0.25, 0.3) is 0 Å². The first-order valence-corrected chi connectivity index (χ1v) is 5.34. The third-order valence-electron chi connectivity index (χ3n) is 2.90. The van der Waals surface area contributed by atoms with Gasteiger partial charge in [0.2, 0.25) is 0 Å². The fraction of sp³-hybridized carbons (Fsp3) is 1.00. The van der Waals surface area contributed by atoms with Crippen LogP contribution >= 0.6 is 0 Å². The van der Waals surface area contributed by atoms with E-state index in [0.717, 1.165) is 12.8 Å². The molecule has 0 aromatic rings. The highest BCUT2D eigenvalue weighted by Crippen LogP contribution is 2.28. The van der Waals surface area contributed by atoms with Gasteiger partial charge in [0, 0.05) is 6.04 Å². The molecule has 1 unspecified atom stereocenters. The van der Waals surface area contributed by atoms with E-state index in [1.807, 2.05) is 0 Å². The van der Waals surface area contributed by atoms with Crippen LogP contribution in [0.2, 0.25) is 0 Å². The molecule has 0 aromatic carbocycles. The fourth-order valence-electron chi connectivity index (χ4n) is 2.12. The fourth-order valence-corrected chi connectivity index (χ4v) is 2.12. The minimum absolute atomic E-state index is 0.0647. The molecule has 0 bridgehead atoms. The van der Waals surface area contributed by atoms with Crippen LogP contribution in [0.4, 0.5) is 13.2 Å². The number of hydrogen-bond acceptors (Lipinski definition) is 2. The van der Waals surface area contributed by atoms with Crippen molar-refractivity contribution in [2.75, 3.05) is 20.3 Å². The zero-order valence-corrected chi connectivity index (χ0v) is 8.94. The van der Waals surface area contributed by atoms with Gasteiger partial charge in [-0.15, -0.1) is 0 Å². The van der Waals surface area contributed by atoms with Crippen molar-refractivity contribution in [2.24, 2.45) is 5.92 Å². The molecule has 1 aliphatic rings. The average molecular weight is 225 g/mol. The Kier molecular flexibility index (Phi) is 4.86. The van der Waals surface area contributed by atoms with Crippen LogP contribution in [-0.2, 0) is 4.74 Å². The van der Waals surface area contributed by atoms with Crippen LogP contribution in [-0.4, -0.2) is 32.5 Å². The van der Waals surface area contributed by atoms with Gasteiger partial charge < -0.3 is 10.1 Å². The van der Waals surface area contributed by atoms with Crippen LogP contribution in [0.5, 0.6) is 0 Å². The van der Waals surface area contributed by atoms with Gasteiger partial charge in [0.1, 0.15) is 6.61 Å². The second-order valence-corrected chi connectivity index (χ2v) is 4.07. The van der Waals surface area contributed by atoms with Gasteiger partial charge in [-0.1, -0.05) is 12.8 Å². The molecule has 1 saturated carbocycles. The van der Waals surface area contributed by atoms with Gasteiger partial charge in [0.05, 0.1) is 6.61 Å². The summed E-state index contributed by atoms with van der Waals surface area (Å²) in [5, 5.41) is 3.04. The molecular weight excluding hydrogens is 207 g/mol. The largest absolute Gasteiger partial charge is 0.411 e. The summed E-state index contributed by atoms with van der Waals surface area (Å²) in [7, 11) is 1.78. The zero-order chi connectivity index (χ0) is 11.3. The van der Waals surface area contributed by atoms with Crippen molar-refractivity contribution >= 4 is 0 Å². The lowest BCUT2D eigenvalue weighted by atomic mass is 9.99. The first kappa shape index (κ1) is 12.8. The van der Waals surface area contributed by atoms with Gasteiger partial charge in [-0.05, 0) is 25.8 Å². The molecule has 1 N–H and O–H groups in total. The van der Waals surface area contributed by atoms with E-state index < -0.39 is 12.8 Å². The maximum Gasteiger partial charge on any atom is 0.411 e. The van der Waals surface area contributed by atoms with E-state index in [4.69, 9.17) is 0 Å². The minimum Gasteiger partial charge on any atom is -0.370 e. The Hall–Kier alpha value is -0.290. The monoisotopic (exact) mass is 225 g/mol. The van der Waals surface area contributed by atoms with Crippen molar-refractivity contribution in [3.63, 3.8) is 0 Å². The molecule has 5 heteroatoms. The van der Waals surface area contributed by atoms with Gasteiger partial charge in [-0.3, -0.25) is 0 Å². The highest BCUT2D eigenvalue weighted by molar-refractivity contribution is 4.79. The number of rotatable bonds is 5. The van der Waals surface area contributed by atoms with Crippen LogP contribution in [0.1, 0.15) is 25.7 Å². The highest BCUT2D eigenvalue weighted by Gasteiger charge is 2.29. The van der Waals surface area contributed by atoms with Crippen molar-refractivity contribution in [1.29, 1.82) is 0 Å². The van der Waals surface area contributed by atoms with E-state index in [0.29, 0.717) is 5.92 Å². The van der Waals surface area contributed by atoms with E-state index in [1.165, 1.54) is 12.8 Å². The number of hydrogen-bond donors (Lipinski definition) is 1. The minimum atomic E-state index is -4.21. The standard InChI is InChI=1S/C10H18F3NO/c1-14-9(8-4-2-3-5-8)6-15-7-10(11,12)13/h8-9,14H,2-7H2,1H3. The molecule has 0 spiro atoms. The van der Waals surface area contributed by atoms with Gasteiger partial charge >= 0.3 is 6.18 Å². The Bertz CT molecular complexity index is 178. The molecule has 15 heavy (non-hydrogen) atoms. The number of halogens is 3. The van der Waals surface area contributed by atoms with Gasteiger partial charge in [-0.25, -0.2) is 0 Å². The quantitative estimate of drug-likeness (QED) is 0.775. The summed E-state index contributed by atoms with van der Waals surface area (Å²) in [6, 6.07) is 0.0647. The predicted molar refractivity (Wildman–Crippen MR) is 51.7 cm³/mol. The van der Waals surface area contributed by atoms with Crippen molar-refractivity contribution in [2.45, 2.75) is 37.9 Å². The summed E-state index contributed by atoms with van der Waals surface area (Å²) in [6.07, 6.45) is 0.347. The normalized spacial score (nSPS) is 20.8. The van der Waals surface area contributed by atoms with Crippen molar-refractivity contribution in [1.82, 2.24) is 5.32 Å². The first-order chi connectivity index (χ1) is 7.03. The molecule has 0 aliphatic heterocycles. The van der Waals surface area contributed by atoms with Gasteiger partial charge in [0.25, 0.3) is 0 Å². The predicted octanol–water partition coefficient (Wildman–Crippen LogP) is 2.34. The molecule has 1 rings (SSSR count). The Morgan fingerprint density at radius 2 is 1.93 bits per heavy atom. The smallest absolute Gasteiger partial charge is 0.370 e. The van der Waals surface area contributed by atoms with Crippen molar-refractivity contribution in [3.05, 3.63) is 0 Å². The van der Waals surface area contributed by atoms with Gasteiger partial charge in [0.15, 0.2) is 0 Å². The highest BCUT2D eigenvalue weighted by atomic mass is 19.4. The molecule has 0 aromatic heterocycles. The van der Waals surface area contributed by atoms with Crippen molar-refractivity contribution in [3.8, 4) is 0 Å². The summed E-state index contributed by atoms with van der Waals surface area (Å²) in [4.78, 5) is 0. The zero-order valence-electron chi connectivity index (χ0n) is 8.94. The molecule has 2 nitrogen and oxygen atoms in total. The summed E-state index contributed by atoms with van der Waals surface area (Å²) < 4.78 is 40.2. The number of ether oxygens (including phenoxy) is 1. The van der Waals surface area contributed by atoms with Crippen molar-refractivity contribution < 1.29 is 17.9 Å². The molecule has 0 heterocycles. The second kappa shape index (κ2) is 5.70. The summed E-state index contributed by atoms with van der Waals surface area (Å²) in [5.41, 5.74) is 0. The summed E-state index contributed by atoms with van der Waals surface area (Å²) in [6.45, 7) is -0.988. The summed E-state index contributed by atoms with van der Waals surface area (Å²) >= 11 is 0. The van der Waals surface area contributed by atoms with Crippen LogP contribution in [0.3, 0.4) is 0 Å². The molecular formula is C10H18F3NO. The van der Waals surface area contributed by atoms with E-state index in [9.17, 15) is 13.2 Å². The van der Waals surface area contributed by atoms with E-state index in [-0.39, 0.29) is 12.6 Å². The lowest BCUT2D eigenvalue weighted by Crippen LogP contribution is -2.37.